The van der Waals surface area contributed by atoms with Crippen LogP contribution in [0.1, 0.15) is 0 Å². The van der Waals surface area contributed by atoms with Crippen LogP contribution in [0.2, 0.25) is 0 Å². The van der Waals surface area contributed by atoms with Crippen LogP contribution in [0.3, 0.4) is 0 Å². The van der Waals surface area contributed by atoms with E-state index < -0.39 is 0 Å². The summed E-state index contributed by atoms with van der Waals surface area (Å²) in [5.41, 5.74) is 10.6. The highest BCUT2D eigenvalue weighted by Crippen LogP contribution is 2.46. The van der Waals surface area contributed by atoms with Crippen LogP contribution < -0.4 is 0 Å². The molecule has 0 aliphatic heterocycles. The van der Waals surface area contributed by atoms with E-state index in [0.29, 0.717) is 0 Å². The molecule has 0 aliphatic rings. The van der Waals surface area contributed by atoms with Crippen LogP contribution in [0, 0.1) is 0 Å². The SMILES string of the molecule is c1ccc(-n2c3ccc(-c4ccc5c(c4)nc4c6ccccc6c6ccccc6n54)cc3c3c4sc5ccccc5c4oc32)cc1. The number of thiophene rings is 1. The topological polar surface area (TPSA) is 35.4 Å². The van der Waals surface area contributed by atoms with Gasteiger partial charge in [0.15, 0.2) is 5.58 Å². The van der Waals surface area contributed by atoms with Gasteiger partial charge in [-0.25, -0.2) is 4.98 Å². The van der Waals surface area contributed by atoms with Gasteiger partial charge in [0.1, 0.15) is 5.65 Å². The van der Waals surface area contributed by atoms with E-state index in [0.717, 1.165) is 55.7 Å². The Kier molecular flexibility index (Phi) is 4.69. The minimum Gasteiger partial charge on any atom is -0.438 e. The fourth-order valence-electron chi connectivity index (χ4n) is 7.47. The van der Waals surface area contributed by atoms with Gasteiger partial charge in [-0.15, -0.1) is 11.3 Å². The third kappa shape index (κ3) is 3.14. The van der Waals surface area contributed by atoms with Crippen LogP contribution in [0.5, 0.6) is 0 Å². The molecule has 0 radical (unpaired) electrons. The molecule has 6 aromatic carbocycles. The summed E-state index contributed by atoms with van der Waals surface area (Å²) in [6.07, 6.45) is 0. The molecule has 0 unspecified atom stereocenters. The molecule has 0 spiro atoms. The first-order valence-corrected chi connectivity index (χ1v) is 16.3. The van der Waals surface area contributed by atoms with Gasteiger partial charge >= 0.3 is 0 Å². The number of fused-ring (bicyclic) bond motifs is 15. The zero-order valence-corrected chi connectivity index (χ0v) is 25.3. The van der Waals surface area contributed by atoms with Gasteiger partial charge < -0.3 is 4.42 Å². The number of aromatic nitrogens is 3. The fourth-order valence-corrected chi connectivity index (χ4v) is 8.66. The maximum Gasteiger partial charge on any atom is 0.214 e. The summed E-state index contributed by atoms with van der Waals surface area (Å²) in [6, 6.07) is 49.7. The molecule has 0 bridgehead atoms. The Morgan fingerprint density at radius 2 is 1.24 bits per heavy atom. The number of pyridine rings is 1. The monoisotopic (exact) mass is 605 g/mol. The summed E-state index contributed by atoms with van der Waals surface area (Å²) >= 11 is 1.81. The molecule has 4 nitrogen and oxygen atoms in total. The summed E-state index contributed by atoms with van der Waals surface area (Å²) in [7, 11) is 0. The standard InChI is InChI=1S/C41H23N3OS/c1-2-10-26(11-3-1)43-34-20-18-24(22-31(34)37-39-38(45-41(37)43)30-15-7-9-17-36(30)46-39)25-19-21-35-32(23-25)42-40-29-14-5-4-12-27(29)28-13-6-8-16-33(28)44(35)40/h1-23H. The molecular formula is C41H23N3OS. The largest absolute Gasteiger partial charge is 0.438 e. The summed E-state index contributed by atoms with van der Waals surface area (Å²) in [4.78, 5) is 5.24. The molecule has 0 N–H and O–H groups in total. The second-order valence-corrected chi connectivity index (χ2v) is 13.0. The van der Waals surface area contributed by atoms with Crippen LogP contribution >= 0.6 is 11.3 Å². The predicted molar refractivity (Wildman–Crippen MR) is 193 cm³/mol. The number of hydrogen-bond donors (Lipinski definition) is 0. The molecule has 5 heterocycles. The van der Waals surface area contributed by atoms with Crippen molar-refractivity contribution in [2.45, 2.75) is 0 Å². The van der Waals surface area contributed by atoms with Gasteiger partial charge in [0, 0.05) is 31.9 Å². The lowest BCUT2D eigenvalue weighted by molar-refractivity contribution is 0.649. The van der Waals surface area contributed by atoms with Crippen molar-refractivity contribution in [3.05, 3.63) is 140 Å². The number of nitrogens with zero attached hydrogens (tertiary/aromatic N) is 3. The quantitative estimate of drug-likeness (QED) is 0.184. The zero-order valence-electron chi connectivity index (χ0n) is 24.4. The van der Waals surface area contributed by atoms with Crippen molar-refractivity contribution in [3.63, 3.8) is 0 Å². The van der Waals surface area contributed by atoms with E-state index in [1.54, 1.807) is 0 Å². The highest BCUT2D eigenvalue weighted by atomic mass is 32.1. The maximum absolute atomic E-state index is 6.74. The van der Waals surface area contributed by atoms with E-state index in [9.17, 15) is 0 Å². The number of para-hydroxylation sites is 2. The average Bonchev–Trinajstić information content (AvgIpc) is 3.85. The molecule has 214 valence electrons. The van der Waals surface area contributed by atoms with Gasteiger partial charge in [-0.2, -0.15) is 0 Å². The van der Waals surface area contributed by atoms with E-state index in [1.807, 2.05) is 11.3 Å². The molecular weight excluding hydrogens is 583 g/mol. The summed E-state index contributed by atoms with van der Waals surface area (Å²) in [5, 5.41) is 7.15. The van der Waals surface area contributed by atoms with E-state index >= 15 is 0 Å². The van der Waals surface area contributed by atoms with E-state index in [2.05, 4.69) is 148 Å². The number of benzene rings is 6. The lowest BCUT2D eigenvalue weighted by atomic mass is 10.0. The van der Waals surface area contributed by atoms with Gasteiger partial charge in [0.05, 0.1) is 32.2 Å². The van der Waals surface area contributed by atoms with Crippen LogP contribution in [0.4, 0.5) is 0 Å². The normalized spacial score (nSPS) is 12.3. The predicted octanol–water partition coefficient (Wildman–Crippen LogP) is 11.5. The smallest absolute Gasteiger partial charge is 0.214 e. The van der Waals surface area contributed by atoms with Crippen molar-refractivity contribution < 1.29 is 4.42 Å². The molecule has 0 saturated carbocycles. The number of rotatable bonds is 2. The maximum atomic E-state index is 6.74. The Hall–Kier alpha value is -5.91. The molecule has 46 heavy (non-hydrogen) atoms. The van der Waals surface area contributed by atoms with Gasteiger partial charge in [-0.1, -0.05) is 84.9 Å². The Bertz CT molecular complexity index is 3030. The fraction of sp³-hybridized carbons (Fsp3) is 0. The lowest BCUT2D eigenvalue weighted by Gasteiger charge is -2.09. The summed E-state index contributed by atoms with van der Waals surface area (Å²) in [5.74, 6) is 0. The van der Waals surface area contributed by atoms with Crippen molar-refractivity contribution in [1.82, 2.24) is 14.0 Å². The Morgan fingerprint density at radius 1 is 0.543 bits per heavy atom. The van der Waals surface area contributed by atoms with Crippen molar-refractivity contribution in [1.29, 1.82) is 0 Å². The molecule has 0 fully saturated rings. The summed E-state index contributed by atoms with van der Waals surface area (Å²) < 4.78 is 13.8. The van der Waals surface area contributed by atoms with Crippen molar-refractivity contribution in [3.8, 4) is 16.8 Å². The highest BCUT2D eigenvalue weighted by Gasteiger charge is 2.23. The minimum atomic E-state index is 0.889. The number of furan rings is 1. The highest BCUT2D eigenvalue weighted by molar-refractivity contribution is 7.26. The van der Waals surface area contributed by atoms with Gasteiger partial charge in [0.25, 0.3) is 0 Å². The van der Waals surface area contributed by atoms with E-state index in [1.165, 1.54) is 41.8 Å². The number of hydrogen-bond acceptors (Lipinski definition) is 3. The van der Waals surface area contributed by atoms with Gasteiger partial charge in [-0.3, -0.25) is 8.97 Å². The molecule has 11 aromatic rings. The molecule has 0 atom stereocenters. The van der Waals surface area contributed by atoms with Crippen molar-refractivity contribution in [2.75, 3.05) is 0 Å². The Balaban J connectivity index is 1.19. The molecule has 5 aromatic heterocycles. The van der Waals surface area contributed by atoms with Crippen LogP contribution in [-0.2, 0) is 0 Å². The van der Waals surface area contributed by atoms with Gasteiger partial charge in [-0.05, 0) is 71.1 Å². The van der Waals surface area contributed by atoms with E-state index in [4.69, 9.17) is 9.40 Å². The van der Waals surface area contributed by atoms with Crippen LogP contribution in [0.25, 0.3) is 97.5 Å². The summed E-state index contributed by atoms with van der Waals surface area (Å²) in [6.45, 7) is 0. The Morgan fingerprint density at radius 3 is 2.11 bits per heavy atom. The molecule has 5 heteroatoms. The first kappa shape index (κ1) is 24.4. The second-order valence-electron chi connectivity index (χ2n) is 12.0. The second kappa shape index (κ2) is 8.84. The first-order chi connectivity index (χ1) is 22.8. The van der Waals surface area contributed by atoms with E-state index in [-0.39, 0.29) is 0 Å². The molecule has 11 rings (SSSR count). The van der Waals surface area contributed by atoms with Crippen LogP contribution in [0.15, 0.2) is 144 Å². The first-order valence-electron chi connectivity index (χ1n) is 15.5. The lowest BCUT2D eigenvalue weighted by Crippen LogP contribution is -1.92. The molecule has 0 aliphatic carbocycles. The third-order valence-electron chi connectivity index (χ3n) is 9.50. The zero-order chi connectivity index (χ0) is 29.9. The molecule has 0 saturated heterocycles. The third-order valence-corrected chi connectivity index (χ3v) is 10.7. The van der Waals surface area contributed by atoms with Crippen LogP contribution in [-0.4, -0.2) is 14.0 Å². The number of imidazole rings is 1. The van der Waals surface area contributed by atoms with Gasteiger partial charge in [0.2, 0.25) is 5.71 Å². The average molecular weight is 606 g/mol. The van der Waals surface area contributed by atoms with Crippen molar-refractivity contribution in [2.24, 2.45) is 0 Å². The van der Waals surface area contributed by atoms with Crippen molar-refractivity contribution >= 4 is 92.1 Å². The minimum absolute atomic E-state index is 0.889. The Labute approximate surface area is 266 Å². The molecule has 0 amide bonds.